The molecule has 1 aromatic carbocycles. The Bertz CT molecular complexity index is 674. The van der Waals surface area contributed by atoms with Crippen molar-refractivity contribution >= 4 is 11.6 Å². The SMILES string of the molecule is Cc1cc(C(=O)N2CCCC(C)c3ccccc32)n(C)n1. The summed E-state index contributed by atoms with van der Waals surface area (Å²) < 4.78 is 1.68. The van der Waals surface area contributed by atoms with E-state index < -0.39 is 0 Å². The Balaban J connectivity index is 2.04. The van der Waals surface area contributed by atoms with Crippen molar-refractivity contribution in [1.82, 2.24) is 9.78 Å². The molecule has 110 valence electrons. The smallest absolute Gasteiger partial charge is 0.276 e. The highest BCUT2D eigenvalue weighted by Gasteiger charge is 2.26. The number of fused-ring (bicyclic) bond motifs is 1. The zero-order chi connectivity index (χ0) is 15.0. The number of hydrogen-bond donors (Lipinski definition) is 0. The van der Waals surface area contributed by atoms with Crippen LogP contribution in [0.3, 0.4) is 0 Å². The summed E-state index contributed by atoms with van der Waals surface area (Å²) >= 11 is 0. The van der Waals surface area contributed by atoms with Crippen LogP contribution in [0.1, 0.15) is 47.4 Å². The van der Waals surface area contributed by atoms with Gasteiger partial charge in [0.2, 0.25) is 0 Å². The number of amides is 1. The van der Waals surface area contributed by atoms with Crippen molar-refractivity contribution in [1.29, 1.82) is 0 Å². The standard InChI is InChI=1S/C17H21N3O/c1-12-7-6-10-20(15-9-5-4-8-14(12)15)17(21)16-11-13(2)18-19(16)3/h4-5,8-9,11-12H,6-7,10H2,1-3H3. The third-order valence-electron chi connectivity index (χ3n) is 4.24. The first-order valence-corrected chi connectivity index (χ1v) is 7.49. The van der Waals surface area contributed by atoms with Gasteiger partial charge in [0.05, 0.1) is 5.69 Å². The van der Waals surface area contributed by atoms with Gasteiger partial charge in [-0.3, -0.25) is 9.48 Å². The van der Waals surface area contributed by atoms with Crippen LogP contribution in [0.2, 0.25) is 0 Å². The lowest BCUT2D eigenvalue weighted by Crippen LogP contribution is -2.33. The van der Waals surface area contributed by atoms with Gasteiger partial charge >= 0.3 is 0 Å². The molecule has 3 rings (SSSR count). The summed E-state index contributed by atoms with van der Waals surface area (Å²) in [6.07, 6.45) is 2.14. The molecule has 1 aliphatic rings. The van der Waals surface area contributed by atoms with Crippen molar-refractivity contribution in [3.8, 4) is 0 Å². The summed E-state index contributed by atoms with van der Waals surface area (Å²) in [4.78, 5) is 14.8. The van der Waals surface area contributed by atoms with E-state index in [-0.39, 0.29) is 5.91 Å². The molecule has 0 aliphatic carbocycles. The molecular formula is C17H21N3O. The third kappa shape index (κ3) is 2.46. The van der Waals surface area contributed by atoms with Crippen LogP contribution in [0.25, 0.3) is 0 Å². The van der Waals surface area contributed by atoms with Crippen molar-refractivity contribution < 1.29 is 4.79 Å². The summed E-state index contributed by atoms with van der Waals surface area (Å²) in [5.41, 5.74) is 3.84. The van der Waals surface area contributed by atoms with E-state index in [0.29, 0.717) is 11.6 Å². The Morgan fingerprint density at radius 1 is 1.33 bits per heavy atom. The van der Waals surface area contributed by atoms with Gasteiger partial charge in [-0.05, 0) is 43.4 Å². The highest BCUT2D eigenvalue weighted by atomic mass is 16.2. The van der Waals surface area contributed by atoms with Gasteiger partial charge in [0.15, 0.2) is 0 Å². The lowest BCUT2D eigenvalue weighted by Gasteiger charge is -2.23. The molecule has 2 aromatic rings. The maximum atomic E-state index is 12.9. The first-order chi connectivity index (χ1) is 10.1. The molecule has 0 radical (unpaired) electrons. The van der Waals surface area contributed by atoms with E-state index in [9.17, 15) is 4.79 Å². The zero-order valence-electron chi connectivity index (χ0n) is 12.8. The van der Waals surface area contributed by atoms with Crippen LogP contribution >= 0.6 is 0 Å². The molecule has 0 spiro atoms. The Morgan fingerprint density at radius 2 is 2.10 bits per heavy atom. The van der Waals surface area contributed by atoms with Gasteiger partial charge in [-0.2, -0.15) is 5.10 Å². The molecule has 0 N–H and O–H groups in total. The molecule has 1 atom stereocenters. The van der Waals surface area contributed by atoms with Crippen LogP contribution in [-0.2, 0) is 7.05 Å². The van der Waals surface area contributed by atoms with E-state index in [2.05, 4.69) is 30.2 Å². The molecule has 4 heteroatoms. The quantitative estimate of drug-likeness (QED) is 0.805. The number of aromatic nitrogens is 2. The van der Waals surface area contributed by atoms with Gasteiger partial charge < -0.3 is 4.90 Å². The van der Waals surface area contributed by atoms with Gasteiger partial charge in [-0.1, -0.05) is 25.1 Å². The van der Waals surface area contributed by atoms with E-state index in [1.54, 1.807) is 4.68 Å². The maximum Gasteiger partial charge on any atom is 0.276 e. The second-order valence-electron chi connectivity index (χ2n) is 5.85. The Kier molecular flexibility index (Phi) is 3.53. The average Bonchev–Trinajstić information content (AvgIpc) is 2.71. The number of benzene rings is 1. The number of hydrogen-bond acceptors (Lipinski definition) is 2. The molecule has 2 heterocycles. The molecule has 0 saturated heterocycles. The van der Waals surface area contributed by atoms with E-state index in [4.69, 9.17) is 0 Å². The number of anilines is 1. The monoisotopic (exact) mass is 283 g/mol. The molecular weight excluding hydrogens is 262 g/mol. The van der Waals surface area contributed by atoms with E-state index in [1.165, 1.54) is 5.56 Å². The lowest BCUT2D eigenvalue weighted by atomic mass is 9.96. The normalized spacial score (nSPS) is 18.2. The molecule has 1 amide bonds. The predicted molar refractivity (Wildman–Crippen MR) is 83.7 cm³/mol. The minimum absolute atomic E-state index is 0.0413. The topological polar surface area (TPSA) is 38.1 Å². The lowest BCUT2D eigenvalue weighted by molar-refractivity contribution is 0.0978. The molecule has 1 aliphatic heterocycles. The van der Waals surface area contributed by atoms with Crippen LogP contribution in [0.5, 0.6) is 0 Å². The second-order valence-corrected chi connectivity index (χ2v) is 5.85. The molecule has 1 aromatic heterocycles. The predicted octanol–water partition coefficient (Wildman–Crippen LogP) is 3.27. The number of para-hydroxylation sites is 1. The summed E-state index contributed by atoms with van der Waals surface area (Å²) in [6.45, 7) is 4.92. The van der Waals surface area contributed by atoms with Crippen molar-refractivity contribution in [2.24, 2.45) is 7.05 Å². The molecule has 0 fully saturated rings. The molecule has 0 saturated carbocycles. The fourth-order valence-corrected chi connectivity index (χ4v) is 3.14. The highest BCUT2D eigenvalue weighted by Crippen LogP contribution is 2.34. The summed E-state index contributed by atoms with van der Waals surface area (Å²) in [6, 6.07) is 10.1. The van der Waals surface area contributed by atoms with Crippen molar-refractivity contribution in [2.45, 2.75) is 32.6 Å². The van der Waals surface area contributed by atoms with Crippen LogP contribution in [-0.4, -0.2) is 22.2 Å². The minimum atomic E-state index is 0.0413. The van der Waals surface area contributed by atoms with Gasteiger partial charge in [0.1, 0.15) is 5.69 Å². The van der Waals surface area contributed by atoms with Crippen molar-refractivity contribution in [3.05, 3.63) is 47.3 Å². The summed E-state index contributed by atoms with van der Waals surface area (Å²) in [7, 11) is 1.83. The highest BCUT2D eigenvalue weighted by molar-refractivity contribution is 6.05. The van der Waals surface area contributed by atoms with Gasteiger partial charge in [0, 0.05) is 19.3 Å². The van der Waals surface area contributed by atoms with E-state index >= 15 is 0 Å². The zero-order valence-corrected chi connectivity index (χ0v) is 12.8. The number of nitrogens with zero attached hydrogens (tertiary/aromatic N) is 3. The maximum absolute atomic E-state index is 12.9. The fraction of sp³-hybridized carbons (Fsp3) is 0.412. The van der Waals surface area contributed by atoms with Gasteiger partial charge in [0.25, 0.3) is 5.91 Å². The largest absolute Gasteiger partial charge is 0.307 e. The number of carbonyl (C=O) groups excluding carboxylic acids is 1. The fourth-order valence-electron chi connectivity index (χ4n) is 3.14. The van der Waals surface area contributed by atoms with Crippen LogP contribution in [0, 0.1) is 6.92 Å². The number of rotatable bonds is 1. The molecule has 4 nitrogen and oxygen atoms in total. The Hall–Kier alpha value is -2.10. The van der Waals surface area contributed by atoms with Gasteiger partial charge in [-0.15, -0.1) is 0 Å². The van der Waals surface area contributed by atoms with Crippen molar-refractivity contribution in [3.63, 3.8) is 0 Å². The molecule has 1 unspecified atom stereocenters. The van der Waals surface area contributed by atoms with Crippen LogP contribution in [0.15, 0.2) is 30.3 Å². The number of carbonyl (C=O) groups is 1. The molecule has 21 heavy (non-hydrogen) atoms. The van der Waals surface area contributed by atoms with Crippen molar-refractivity contribution in [2.75, 3.05) is 11.4 Å². The van der Waals surface area contributed by atoms with E-state index in [0.717, 1.165) is 30.8 Å². The third-order valence-corrected chi connectivity index (χ3v) is 4.24. The van der Waals surface area contributed by atoms with Gasteiger partial charge in [-0.25, -0.2) is 0 Å². The first kappa shape index (κ1) is 13.9. The summed E-state index contributed by atoms with van der Waals surface area (Å²) in [5.74, 6) is 0.534. The summed E-state index contributed by atoms with van der Waals surface area (Å²) in [5, 5.41) is 4.29. The first-order valence-electron chi connectivity index (χ1n) is 7.49. The second kappa shape index (κ2) is 5.35. The number of aryl methyl sites for hydroxylation is 2. The van der Waals surface area contributed by atoms with E-state index in [1.807, 2.05) is 31.0 Å². The minimum Gasteiger partial charge on any atom is -0.307 e. The Morgan fingerprint density at radius 3 is 2.81 bits per heavy atom. The van der Waals surface area contributed by atoms with Crippen LogP contribution in [0.4, 0.5) is 5.69 Å². The Labute approximate surface area is 125 Å². The average molecular weight is 283 g/mol. The van der Waals surface area contributed by atoms with Crippen LogP contribution < -0.4 is 4.90 Å². The molecule has 0 bridgehead atoms.